The number of aryl methyl sites for hydroxylation is 1. The van der Waals surface area contributed by atoms with Gasteiger partial charge < -0.3 is 9.15 Å². The van der Waals surface area contributed by atoms with Crippen molar-refractivity contribution in [3.8, 4) is 5.75 Å². The molecule has 0 unspecified atom stereocenters. The van der Waals surface area contributed by atoms with E-state index >= 15 is 0 Å². The molecule has 0 aliphatic carbocycles. The lowest BCUT2D eigenvalue weighted by Crippen LogP contribution is -1.95. The van der Waals surface area contributed by atoms with E-state index in [1.165, 1.54) is 5.56 Å². The van der Waals surface area contributed by atoms with Gasteiger partial charge in [0, 0.05) is 6.08 Å². The molecule has 0 amide bonds. The van der Waals surface area contributed by atoms with Gasteiger partial charge in [0.05, 0.1) is 0 Å². The zero-order valence-corrected chi connectivity index (χ0v) is 13.1. The highest BCUT2D eigenvalue weighted by atomic mass is 16.5. The average Bonchev–Trinajstić information content (AvgIpc) is 3.07. The summed E-state index contributed by atoms with van der Waals surface area (Å²) in [6.45, 7) is 2.53. The lowest BCUT2D eigenvalue weighted by Gasteiger charge is -2.04. The lowest BCUT2D eigenvalue weighted by atomic mass is 10.2. The summed E-state index contributed by atoms with van der Waals surface area (Å²) < 4.78 is 11.2. The maximum absolute atomic E-state index is 5.72. The molecule has 3 rings (SSSR count). The van der Waals surface area contributed by atoms with Crippen molar-refractivity contribution in [2.45, 2.75) is 20.0 Å². The van der Waals surface area contributed by atoms with Crippen molar-refractivity contribution < 1.29 is 9.15 Å². The van der Waals surface area contributed by atoms with Gasteiger partial charge in [-0.1, -0.05) is 49.4 Å². The van der Waals surface area contributed by atoms with Crippen molar-refractivity contribution in [3.63, 3.8) is 0 Å². The average molecular weight is 305 g/mol. The van der Waals surface area contributed by atoms with Crippen LogP contribution in [0.15, 0.2) is 65.3 Å². The van der Waals surface area contributed by atoms with Crippen LogP contribution in [0.1, 0.15) is 29.6 Å². The summed E-state index contributed by atoms with van der Waals surface area (Å²) in [5, 5.41) is 0. The molecule has 0 aliphatic heterocycles. The standard InChI is InChI=1S/C20H19NO2/c1-2-16-8-11-19(12-9-16)22-14-18-15-23-20(21-18)13-10-17-6-4-3-5-7-17/h3-13,15H,2,14H2,1H3/b13-10+. The maximum atomic E-state index is 5.72. The largest absolute Gasteiger partial charge is 0.487 e. The Morgan fingerprint density at radius 1 is 1.00 bits per heavy atom. The zero-order chi connectivity index (χ0) is 15.9. The fraction of sp³-hybridized carbons (Fsp3) is 0.150. The van der Waals surface area contributed by atoms with Crippen LogP contribution in [-0.4, -0.2) is 4.98 Å². The van der Waals surface area contributed by atoms with Crippen molar-refractivity contribution in [1.82, 2.24) is 4.98 Å². The van der Waals surface area contributed by atoms with Gasteiger partial charge in [0.25, 0.3) is 0 Å². The van der Waals surface area contributed by atoms with Gasteiger partial charge in [-0.3, -0.25) is 0 Å². The molecule has 116 valence electrons. The number of hydrogen-bond donors (Lipinski definition) is 0. The van der Waals surface area contributed by atoms with Crippen LogP contribution < -0.4 is 4.74 Å². The first-order chi connectivity index (χ1) is 11.3. The van der Waals surface area contributed by atoms with Gasteiger partial charge in [-0.15, -0.1) is 0 Å². The molecule has 0 radical (unpaired) electrons. The van der Waals surface area contributed by atoms with Crippen LogP contribution in [-0.2, 0) is 13.0 Å². The molecule has 0 bridgehead atoms. The number of nitrogens with zero attached hydrogens (tertiary/aromatic N) is 1. The zero-order valence-electron chi connectivity index (χ0n) is 13.1. The highest BCUT2D eigenvalue weighted by Gasteiger charge is 2.02. The van der Waals surface area contributed by atoms with Gasteiger partial charge in [0.15, 0.2) is 0 Å². The molecule has 3 aromatic rings. The fourth-order valence-electron chi connectivity index (χ4n) is 2.18. The van der Waals surface area contributed by atoms with E-state index in [2.05, 4.69) is 24.0 Å². The molecular weight excluding hydrogens is 286 g/mol. The van der Waals surface area contributed by atoms with Gasteiger partial charge in [0.1, 0.15) is 24.3 Å². The molecule has 0 N–H and O–H groups in total. The molecule has 0 atom stereocenters. The van der Waals surface area contributed by atoms with Crippen LogP contribution in [0, 0.1) is 0 Å². The molecule has 0 saturated carbocycles. The van der Waals surface area contributed by atoms with Gasteiger partial charge in [-0.2, -0.15) is 0 Å². The topological polar surface area (TPSA) is 35.3 Å². The van der Waals surface area contributed by atoms with Gasteiger partial charge in [-0.05, 0) is 35.8 Å². The minimum absolute atomic E-state index is 0.397. The Bertz CT molecular complexity index is 758. The molecule has 3 nitrogen and oxygen atoms in total. The molecule has 23 heavy (non-hydrogen) atoms. The lowest BCUT2D eigenvalue weighted by molar-refractivity contribution is 0.301. The van der Waals surface area contributed by atoms with Crippen molar-refractivity contribution in [3.05, 3.63) is 83.6 Å². The Balaban J connectivity index is 1.57. The smallest absolute Gasteiger partial charge is 0.218 e. The minimum atomic E-state index is 0.397. The van der Waals surface area contributed by atoms with E-state index in [0.717, 1.165) is 23.4 Å². The number of hydrogen-bond acceptors (Lipinski definition) is 3. The van der Waals surface area contributed by atoms with E-state index < -0.39 is 0 Å². The summed E-state index contributed by atoms with van der Waals surface area (Å²) in [5.74, 6) is 1.42. The van der Waals surface area contributed by atoms with E-state index in [1.807, 2.05) is 54.6 Å². The van der Waals surface area contributed by atoms with Crippen molar-refractivity contribution in [2.75, 3.05) is 0 Å². The van der Waals surface area contributed by atoms with Crippen molar-refractivity contribution >= 4 is 12.2 Å². The Kier molecular flexibility index (Phi) is 4.89. The Morgan fingerprint density at radius 3 is 2.52 bits per heavy atom. The van der Waals surface area contributed by atoms with E-state index in [0.29, 0.717) is 12.5 Å². The first-order valence-corrected chi connectivity index (χ1v) is 7.73. The minimum Gasteiger partial charge on any atom is -0.487 e. The highest BCUT2D eigenvalue weighted by molar-refractivity contribution is 5.65. The van der Waals surface area contributed by atoms with Crippen LogP contribution in [0.25, 0.3) is 12.2 Å². The number of benzene rings is 2. The molecular formula is C20H19NO2. The normalized spacial score (nSPS) is 11.0. The monoisotopic (exact) mass is 305 g/mol. The second kappa shape index (κ2) is 7.45. The second-order valence-corrected chi connectivity index (χ2v) is 5.21. The fourth-order valence-corrected chi connectivity index (χ4v) is 2.18. The quantitative estimate of drug-likeness (QED) is 0.644. The summed E-state index contributed by atoms with van der Waals surface area (Å²) in [4.78, 5) is 4.40. The van der Waals surface area contributed by atoms with E-state index in [1.54, 1.807) is 6.26 Å². The number of rotatable bonds is 6. The summed E-state index contributed by atoms with van der Waals surface area (Å²) in [5.41, 5.74) is 3.18. The summed E-state index contributed by atoms with van der Waals surface area (Å²) in [6, 6.07) is 18.2. The predicted octanol–water partition coefficient (Wildman–Crippen LogP) is 4.99. The predicted molar refractivity (Wildman–Crippen MR) is 92.0 cm³/mol. The summed E-state index contributed by atoms with van der Waals surface area (Å²) in [6.07, 6.45) is 6.49. The Morgan fingerprint density at radius 2 is 1.78 bits per heavy atom. The molecule has 0 aliphatic rings. The SMILES string of the molecule is CCc1ccc(OCc2coc(/C=C/c3ccccc3)n2)cc1. The number of ether oxygens (including phenoxy) is 1. The first-order valence-electron chi connectivity index (χ1n) is 7.73. The van der Waals surface area contributed by atoms with Crippen LogP contribution in [0.2, 0.25) is 0 Å². The third kappa shape index (κ3) is 4.33. The van der Waals surface area contributed by atoms with E-state index in [4.69, 9.17) is 9.15 Å². The van der Waals surface area contributed by atoms with Crippen LogP contribution in [0.5, 0.6) is 5.75 Å². The number of oxazole rings is 1. The van der Waals surface area contributed by atoms with Crippen LogP contribution in [0.3, 0.4) is 0 Å². The van der Waals surface area contributed by atoms with Gasteiger partial charge in [0.2, 0.25) is 5.89 Å². The molecule has 2 aromatic carbocycles. The third-order valence-corrected chi connectivity index (χ3v) is 3.51. The first kappa shape index (κ1) is 15.1. The van der Waals surface area contributed by atoms with E-state index in [9.17, 15) is 0 Å². The molecule has 1 heterocycles. The van der Waals surface area contributed by atoms with Crippen molar-refractivity contribution in [1.29, 1.82) is 0 Å². The van der Waals surface area contributed by atoms with Crippen LogP contribution >= 0.6 is 0 Å². The molecule has 1 aromatic heterocycles. The molecule has 0 saturated heterocycles. The molecule has 3 heteroatoms. The highest BCUT2D eigenvalue weighted by Crippen LogP contribution is 2.15. The van der Waals surface area contributed by atoms with E-state index in [-0.39, 0.29) is 0 Å². The number of aromatic nitrogens is 1. The molecule has 0 spiro atoms. The summed E-state index contributed by atoms with van der Waals surface area (Å²) >= 11 is 0. The second-order valence-electron chi connectivity index (χ2n) is 5.21. The molecule has 0 fully saturated rings. The third-order valence-electron chi connectivity index (χ3n) is 3.51. The van der Waals surface area contributed by atoms with Gasteiger partial charge in [-0.25, -0.2) is 4.98 Å². The van der Waals surface area contributed by atoms with Gasteiger partial charge >= 0.3 is 0 Å². The van der Waals surface area contributed by atoms with Crippen LogP contribution in [0.4, 0.5) is 0 Å². The maximum Gasteiger partial charge on any atom is 0.218 e. The Labute approximate surface area is 136 Å². The summed E-state index contributed by atoms with van der Waals surface area (Å²) in [7, 11) is 0. The Hall–Kier alpha value is -2.81. The van der Waals surface area contributed by atoms with Crippen molar-refractivity contribution in [2.24, 2.45) is 0 Å².